The van der Waals surface area contributed by atoms with Crippen LogP contribution in [-0.2, 0) is 11.2 Å². The van der Waals surface area contributed by atoms with E-state index in [1.54, 1.807) is 0 Å². The predicted molar refractivity (Wildman–Crippen MR) is 91.3 cm³/mol. The number of aryl methyl sites for hydroxylation is 1. The molecular weight excluding hydrogens is 272 g/mol. The fraction of sp³-hybridized carbons (Fsp3) is 0.316. The van der Waals surface area contributed by atoms with Crippen molar-refractivity contribution in [2.24, 2.45) is 0 Å². The van der Waals surface area contributed by atoms with Gasteiger partial charge in [-0.3, -0.25) is 4.79 Å². The van der Waals surface area contributed by atoms with E-state index in [0.717, 1.165) is 29.8 Å². The van der Waals surface area contributed by atoms with Gasteiger partial charge < -0.3 is 10.6 Å². The number of para-hydroxylation sites is 1. The number of hydrogen-bond acceptors (Lipinski definition) is 2. The zero-order chi connectivity index (χ0) is 15.5. The molecule has 0 aromatic heterocycles. The normalized spacial score (nSPS) is 19.9. The summed E-state index contributed by atoms with van der Waals surface area (Å²) in [7, 11) is 0. The van der Waals surface area contributed by atoms with Gasteiger partial charge in [0.2, 0.25) is 5.91 Å². The van der Waals surface area contributed by atoms with Gasteiger partial charge in [0.15, 0.2) is 0 Å². The number of rotatable bonds is 3. The Morgan fingerprint density at radius 2 is 1.91 bits per heavy atom. The fourth-order valence-corrected chi connectivity index (χ4v) is 3.04. The molecule has 0 spiro atoms. The molecule has 0 radical (unpaired) electrons. The zero-order valence-electron chi connectivity index (χ0n) is 13.1. The van der Waals surface area contributed by atoms with Crippen LogP contribution in [0.1, 0.15) is 37.3 Å². The maximum Gasteiger partial charge on any atom is 0.232 e. The van der Waals surface area contributed by atoms with Crippen LogP contribution in [0.4, 0.5) is 11.4 Å². The van der Waals surface area contributed by atoms with Gasteiger partial charge in [0.1, 0.15) is 0 Å². The minimum absolute atomic E-state index is 0.0741. The standard InChI is InChI=1S/C19H22N2O/c1-3-14-8-10-15(11-9-14)21-19(22)17-12-13(2)20-18-7-5-4-6-16(17)18/h4-11,13,17,20H,3,12H2,1-2H3,(H,21,22)/t13-,17+/m1/s1. The number of nitrogens with one attached hydrogen (secondary N) is 2. The molecule has 1 aliphatic heterocycles. The third kappa shape index (κ3) is 2.98. The number of carbonyl (C=O) groups excluding carboxylic acids is 1. The van der Waals surface area contributed by atoms with Crippen LogP contribution < -0.4 is 10.6 Å². The highest BCUT2D eigenvalue weighted by atomic mass is 16.1. The molecule has 0 aliphatic carbocycles. The van der Waals surface area contributed by atoms with Crippen molar-refractivity contribution in [1.29, 1.82) is 0 Å². The minimum atomic E-state index is -0.0988. The average molecular weight is 294 g/mol. The first-order valence-electron chi connectivity index (χ1n) is 7.92. The molecule has 2 aromatic rings. The van der Waals surface area contributed by atoms with Crippen LogP contribution in [-0.4, -0.2) is 11.9 Å². The SMILES string of the molecule is CCc1ccc(NC(=O)[C@H]2C[C@@H](C)Nc3ccccc32)cc1. The van der Waals surface area contributed by atoms with Crippen molar-refractivity contribution in [2.45, 2.75) is 38.6 Å². The molecule has 22 heavy (non-hydrogen) atoms. The third-order valence-electron chi connectivity index (χ3n) is 4.27. The summed E-state index contributed by atoms with van der Waals surface area (Å²) in [5, 5.41) is 6.50. The molecule has 0 bridgehead atoms. The third-order valence-corrected chi connectivity index (χ3v) is 4.27. The van der Waals surface area contributed by atoms with Crippen LogP contribution in [0.2, 0.25) is 0 Å². The van der Waals surface area contributed by atoms with Crippen molar-refractivity contribution in [3.63, 3.8) is 0 Å². The summed E-state index contributed by atoms with van der Waals surface area (Å²) >= 11 is 0. The van der Waals surface area contributed by atoms with E-state index in [1.807, 2.05) is 36.4 Å². The number of fused-ring (bicyclic) bond motifs is 1. The van der Waals surface area contributed by atoms with Gasteiger partial charge in [0.05, 0.1) is 5.92 Å². The average Bonchev–Trinajstić information content (AvgIpc) is 2.54. The van der Waals surface area contributed by atoms with Crippen LogP contribution in [0.25, 0.3) is 0 Å². The molecule has 1 aliphatic rings. The van der Waals surface area contributed by atoms with Gasteiger partial charge in [-0.1, -0.05) is 37.3 Å². The van der Waals surface area contributed by atoms with Crippen LogP contribution in [0.3, 0.4) is 0 Å². The van der Waals surface area contributed by atoms with Gasteiger partial charge in [-0.25, -0.2) is 0 Å². The summed E-state index contributed by atoms with van der Waals surface area (Å²) in [5.74, 6) is -0.0247. The number of anilines is 2. The van der Waals surface area contributed by atoms with Crippen LogP contribution >= 0.6 is 0 Å². The molecule has 0 saturated heterocycles. The second kappa shape index (κ2) is 6.22. The second-order valence-electron chi connectivity index (χ2n) is 5.96. The highest BCUT2D eigenvalue weighted by Gasteiger charge is 2.29. The summed E-state index contributed by atoms with van der Waals surface area (Å²) in [6, 6.07) is 16.5. The quantitative estimate of drug-likeness (QED) is 0.891. The van der Waals surface area contributed by atoms with Crippen molar-refractivity contribution in [2.75, 3.05) is 10.6 Å². The molecular formula is C19H22N2O. The molecule has 0 fully saturated rings. The Kier molecular flexibility index (Phi) is 4.14. The molecule has 3 nitrogen and oxygen atoms in total. The summed E-state index contributed by atoms with van der Waals surface area (Å²) in [4.78, 5) is 12.7. The zero-order valence-corrected chi connectivity index (χ0v) is 13.1. The van der Waals surface area contributed by atoms with E-state index in [0.29, 0.717) is 6.04 Å². The van der Waals surface area contributed by atoms with Crippen LogP contribution in [0.15, 0.2) is 48.5 Å². The van der Waals surface area contributed by atoms with Crippen molar-refractivity contribution in [1.82, 2.24) is 0 Å². The summed E-state index contributed by atoms with van der Waals surface area (Å²) < 4.78 is 0. The summed E-state index contributed by atoms with van der Waals surface area (Å²) in [6.45, 7) is 4.24. The van der Waals surface area contributed by atoms with Gasteiger partial charge in [-0.2, -0.15) is 0 Å². The van der Waals surface area contributed by atoms with Crippen molar-refractivity contribution in [3.05, 3.63) is 59.7 Å². The lowest BCUT2D eigenvalue weighted by Gasteiger charge is -2.30. The van der Waals surface area contributed by atoms with Gasteiger partial charge in [-0.15, -0.1) is 0 Å². The van der Waals surface area contributed by atoms with Crippen molar-refractivity contribution in [3.8, 4) is 0 Å². The van der Waals surface area contributed by atoms with E-state index in [-0.39, 0.29) is 11.8 Å². The Hall–Kier alpha value is -2.29. The molecule has 1 amide bonds. The first kappa shape index (κ1) is 14.6. The maximum atomic E-state index is 12.7. The first-order chi connectivity index (χ1) is 10.7. The monoisotopic (exact) mass is 294 g/mol. The number of benzene rings is 2. The Balaban J connectivity index is 1.79. The van der Waals surface area contributed by atoms with E-state index in [4.69, 9.17) is 0 Å². The Morgan fingerprint density at radius 1 is 1.18 bits per heavy atom. The topological polar surface area (TPSA) is 41.1 Å². The van der Waals surface area contributed by atoms with Crippen molar-refractivity contribution >= 4 is 17.3 Å². The molecule has 114 valence electrons. The minimum Gasteiger partial charge on any atom is -0.382 e. The molecule has 3 rings (SSSR count). The lowest BCUT2D eigenvalue weighted by atomic mass is 9.87. The molecule has 2 atom stereocenters. The predicted octanol–water partition coefficient (Wildman–Crippen LogP) is 4.18. The molecule has 0 unspecified atom stereocenters. The Bertz CT molecular complexity index is 663. The fourth-order valence-electron chi connectivity index (χ4n) is 3.04. The van der Waals surface area contributed by atoms with Gasteiger partial charge in [0.25, 0.3) is 0 Å². The number of carbonyl (C=O) groups is 1. The Labute approximate surface area is 131 Å². The van der Waals surface area contributed by atoms with Gasteiger partial charge >= 0.3 is 0 Å². The summed E-state index contributed by atoms with van der Waals surface area (Å²) in [5.41, 5.74) is 4.30. The van der Waals surface area contributed by atoms with E-state index in [9.17, 15) is 4.79 Å². The molecule has 2 aromatic carbocycles. The van der Waals surface area contributed by atoms with E-state index in [2.05, 4.69) is 36.6 Å². The van der Waals surface area contributed by atoms with Gasteiger partial charge in [-0.05, 0) is 49.1 Å². The smallest absolute Gasteiger partial charge is 0.232 e. The number of hydrogen-bond donors (Lipinski definition) is 2. The highest BCUT2D eigenvalue weighted by Crippen LogP contribution is 2.34. The molecule has 0 saturated carbocycles. The highest BCUT2D eigenvalue weighted by molar-refractivity contribution is 5.97. The largest absolute Gasteiger partial charge is 0.382 e. The first-order valence-corrected chi connectivity index (χ1v) is 7.92. The van der Waals surface area contributed by atoms with E-state index >= 15 is 0 Å². The van der Waals surface area contributed by atoms with E-state index < -0.39 is 0 Å². The molecule has 2 N–H and O–H groups in total. The van der Waals surface area contributed by atoms with Crippen LogP contribution in [0.5, 0.6) is 0 Å². The number of amides is 1. The van der Waals surface area contributed by atoms with Crippen molar-refractivity contribution < 1.29 is 4.79 Å². The Morgan fingerprint density at radius 3 is 2.64 bits per heavy atom. The molecule has 3 heteroatoms. The van der Waals surface area contributed by atoms with Gasteiger partial charge in [0, 0.05) is 17.4 Å². The molecule has 1 heterocycles. The van der Waals surface area contributed by atoms with E-state index in [1.165, 1.54) is 5.56 Å². The maximum absolute atomic E-state index is 12.7. The summed E-state index contributed by atoms with van der Waals surface area (Å²) in [6.07, 6.45) is 1.82. The van der Waals surface area contributed by atoms with Crippen LogP contribution in [0, 0.1) is 0 Å². The second-order valence-corrected chi connectivity index (χ2v) is 5.96. The lowest BCUT2D eigenvalue weighted by molar-refractivity contribution is -0.117. The lowest BCUT2D eigenvalue weighted by Crippen LogP contribution is -2.32.